The zero-order valence-electron chi connectivity index (χ0n) is 12.4. The van der Waals surface area contributed by atoms with Gasteiger partial charge in [-0.05, 0) is 49.9 Å². The van der Waals surface area contributed by atoms with Crippen LogP contribution in [0.15, 0.2) is 24.3 Å². The van der Waals surface area contributed by atoms with Gasteiger partial charge in [-0.3, -0.25) is 4.79 Å². The van der Waals surface area contributed by atoms with Crippen molar-refractivity contribution in [2.24, 2.45) is 5.92 Å². The summed E-state index contributed by atoms with van der Waals surface area (Å²) in [7, 11) is 0. The molecule has 1 saturated heterocycles. The number of ether oxygens (including phenoxy) is 1. The van der Waals surface area contributed by atoms with Gasteiger partial charge in [0.1, 0.15) is 5.75 Å². The highest BCUT2D eigenvalue weighted by Gasteiger charge is 2.24. The van der Waals surface area contributed by atoms with Crippen LogP contribution in [-0.2, 0) is 0 Å². The Morgan fingerprint density at radius 1 is 1.33 bits per heavy atom. The van der Waals surface area contributed by atoms with Crippen molar-refractivity contribution in [2.75, 3.05) is 26.2 Å². The van der Waals surface area contributed by atoms with Crippen molar-refractivity contribution in [3.05, 3.63) is 29.8 Å². The van der Waals surface area contributed by atoms with Crippen molar-refractivity contribution in [1.82, 2.24) is 10.2 Å². The molecule has 21 heavy (non-hydrogen) atoms. The van der Waals surface area contributed by atoms with Gasteiger partial charge in [0.25, 0.3) is 5.91 Å². The van der Waals surface area contributed by atoms with Crippen LogP contribution in [0.5, 0.6) is 5.75 Å². The van der Waals surface area contributed by atoms with Crippen molar-refractivity contribution in [2.45, 2.75) is 25.8 Å². The van der Waals surface area contributed by atoms with E-state index in [1.54, 1.807) is 0 Å². The van der Waals surface area contributed by atoms with E-state index in [0.717, 1.165) is 43.5 Å². The number of benzene rings is 1. The second-order valence-electron chi connectivity index (χ2n) is 5.83. The summed E-state index contributed by atoms with van der Waals surface area (Å²) < 4.78 is 5.70. The van der Waals surface area contributed by atoms with Gasteiger partial charge in [-0.25, -0.2) is 0 Å². The maximum Gasteiger partial charge on any atom is 0.254 e. The Balaban J connectivity index is 0.00000161. The Hall–Kier alpha value is -1.26. The van der Waals surface area contributed by atoms with Crippen LogP contribution >= 0.6 is 12.4 Å². The van der Waals surface area contributed by atoms with Crippen molar-refractivity contribution in [3.63, 3.8) is 0 Å². The van der Waals surface area contributed by atoms with E-state index in [1.165, 1.54) is 12.8 Å². The number of carbonyl (C=O) groups is 1. The highest BCUT2D eigenvalue weighted by Crippen LogP contribution is 2.29. The third-order valence-electron chi connectivity index (χ3n) is 4.05. The van der Waals surface area contributed by atoms with Crippen LogP contribution in [0.4, 0.5) is 0 Å². The van der Waals surface area contributed by atoms with Gasteiger partial charge < -0.3 is 15.0 Å². The Labute approximate surface area is 132 Å². The summed E-state index contributed by atoms with van der Waals surface area (Å²) in [6.07, 6.45) is 2.58. The van der Waals surface area contributed by atoms with E-state index in [0.29, 0.717) is 0 Å². The third kappa shape index (κ3) is 4.11. The molecule has 0 bridgehead atoms. The molecule has 0 spiro atoms. The Kier molecular flexibility index (Phi) is 5.48. The third-order valence-corrected chi connectivity index (χ3v) is 4.05. The molecule has 1 aromatic rings. The normalized spacial score (nSPS) is 21.6. The van der Waals surface area contributed by atoms with Crippen LogP contribution in [0.2, 0.25) is 0 Å². The Morgan fingerprint density at radius 3 is 2.67 bits per heavy atom. The SMILES string of the molecule is C[C@H]1CNCCN1C(=O)c1ccc(OCC2CC2)cc1.Cl. The molecule has 4 nitrogen and oxygen atoms in total. The lowest BCUT2D eigenvalue weighted by atomic mass is 10.1. The number of rotatable bonds is 4. The van der Waals surface area contributed by atoms with Crippen molar-refractivity contribution >= 4 is 18.3 Å². The molecule has 0 radical (unpaired) electrons. The minimum atomic E-state index is 0. The fourth-order valence-electron chi connectivity index (χ4n) is 2.50. The molecule has 2 fully saturated rings. The highest BCUT2D eigenvalue weighted by atomic mass is 35.5. The topological polar surface area (TPSA) is 41.6 Å². The zero-order valence-corrected chi connectivity index (χ0v) is 13.2. The number of piperazine rings is 1. The van der Waals surface area contributed by atoms with Crippen LogP contribution in [0.3, 0.4) is 0 Å². The van der Waals surface area contributed by atoms with E-state index in [9.17, 15) is 4.79 Å². The molecular weight excluding hydrogens is 288 g/mol. The lowest BCUT2D eigenvalue weighted by Crippen LogP contribution is -2.52. The predicted molar refractivity (Wildman–Crippen MR) is 85.3 cm³/mol. The van der Waals surface area contributed by atoms with Gasteiger partial charge in [0.2, 0.25) is 0 Å². The fourth-order valence-corrected chi connectivity index (χ4v) is 2.50. The summed E-state index contributed by atoms with van der Waals surface area (Å²) in [5.74, 6) is 1.73. The number of amides is 1. The maximum atomic E-state index is 12.5. The van der Waals surface area contributed by atoms with E-state index in [-0.39, 0.29) is 24.4 Å². The second kappa shape index (κ2) is 7.14. The molecule has 1 aliphatic heterocycles. The van der Waals surface area contributed by atoms with E-state index >= 15 is 0 Å². The maximum absolute atomic E-state index is 12.5. The number of nitrogens with one attached hydrogen (secondary N) is 1. The van der Waals surface area contributed by atoms with E-state index in [2.05, 4.69) is 12.2 Å². The van der Waals surface area contributed by atoms with Gasteiger partial charge in [0, 0.05) is 31.2 Å². The monoisotopic (exact) mass is 310 g/mol. The molecule has 1 saturated carbocycles. The quantitative estimate of drug-likeness (QED) is 0.928. The minimum absolute atomic E-state index is 0. The second-order valence-corrected chi connectivity index (χ2v) is 5.83. The number of hydrogen-bond acceptors (Lipinski definition) is 3. The van der Waals surface area contributed by atoms with Gasteiger partial charge in [-0.2, -0.15) is 0 Å². The van der Waals surface area contributed by atoms with Crippen LogP contribution in [-0.4, -0.2) is 43.1 Å². The summed E-state index contributed by atoms with van der Waals surface area (Å²) in [5, 5.41) is 3.30. The van der Waals surface area contributed by atoms with Crippen LogP contribution < -0.4 is 10.1 Å². The molecule has 1 atom stereocenters. The van der Waals surface area contributed by atoms with Crippen molar-refractivity contribution in [1.29, 1.82) is 0 Å². The first-order valence-electron chi connectivity index (χ1n) is 7.48. The summed E-state index contributed by atoms with van der Waals surface area (Å²) in [6, 6.07) is 7.81. The van der Waals surface area contributed by atoms with Crippen LogP contribution in [0.25, 0.3) is 0 Å². The average molecular weight is 311 g/mol. The van der Waals surface area contributed by atoms with E-state index in [4.69, 9.17) is 4.74 Å². The van der Waals surface area contributed by atoms with Crippen LogP contribution in [0, 0.1) is 5.92 Å². The molecule has 2 aliphatic rings. The molecule has 1 aromatic carbocycles. The van der Waals surface area contributed by atoms with Gasteiger partial charge in [-0.1, -0.05) is 0 Å². The molecule has 3 rings (SSSR count). The first kappa shape index (κ1) is 16.1. The first-order valence-corrected chi connectivity index (χ1v) is 7.48. The highest BCUT2D eigenvalue weighted by molar-refractivity contribution is 5.94. The molecule has 1 N–H and O–H groups in total. The number of halogens is 1. The van der Waals surface area contributed by atoms with E-state index in [1.807, 2.05) is 29.2 Å². The summed E-state index contributed by atoms with van der Waals surface area (Å²) in [6.45, 7) is 5.41. The number of nitrogens with zero attached hydrogens (tertiary/aromatic N) is 1. The number of carbonyl (C=O) groups excluding carboxylic acids is 1. The molecular formula is C16H23ClN2O2. The molecule has 1 amide bonds. The van der Waals surface area contributed by atoms with E-state index < -0.39 is 0 Å². The van der Waals surface area contributed by atoms with Gasteiger partial charge in [0.15, 0.2) is 0 Å². The summed E-state index contributed by atoms with van der Waals surface area (Å²) in [4.78, 5) is 14.4. The van der Waals surface area contributed by atoms with Crippen LogP contribution in [0.1, 0.15) is 30.1 Å². The minimum Gasteiger partial charge on any atom is -0.493 e. The number of hydrogen-bond donors (Lipinski definition) is 1. The molecule has 116 valence electrons. The van der Waals surface area contributed by atoms with Gasteiger partial charge in [0.05, 0.1) is 6.61 Å². The average Bonchev–Trinajstić information content (AvgIpc) is 3.30. The Morgan fingerprint density at radius 2 is 2.05 bits per heavy atom. The predicted octanol–water partition coefficient (Wildman–Crippen LogP) is 2.33. The van der Waals surface area contributed by atoms with Crippen molar-refractivity contribution in [3.8, 4) is 5.75 Å². The standard InChI is InChI=1S/C16H22N2O2.ClH/c1-12-10-17-8-9-18(12)16(19)14-4-6-15(7-5-14)20-11-13-2-3-13;/h4-7,12-13,17H,2-3,8-11H2,1H3;1H/t12-;/m0./s1. The first-order chi connectivity index (χ1) is 9.74. The summed E-state index contributed by atoms with van der Waals surface area (Å²) in [5.41, 5.74) is 0.748. The molecule has 0 unspecified atom stereocenters. The molecule has 1 aliphatic carbocycles. The largest absolute Gasteiger partial charge is 0.493 e. The summed E-state index contributed by atoms with van der Waals surface area (Å²) >= 11 is 0. The fraction of sp³-hybridized carbons (Fsp3) is 0.562. The lowest BCUT2D eigenvalue weighted by molar-refractivity contribution is 0.0655. The zero-order chi connectivity index (χ0) is 13.9. The van der Waals surface area contributed by atoms with Gasteiger partial charge >= 0.3 is 0 Å². The molecule has 0 aromatic heterocycles. The van der Waals surface area contributed by atoms with Gasteiger partial charge in [-0.15, -0.1) is 12.4 Å². The van der Waals surface area contributed by atoms with Crippen molar-refractivity contribution < 1.29 is 9.53 Å². The lowest BCUT2D eigenvalue weighted by Gasteiger charge is -2.34. The smallest absolute Gasteiger partial charge is 0.254 e. The Bertz CT molecular complexity index is 474. The molecule has 1 heterocycles. The molecule has 5 heteroatoms.